The second-order valence-corrected chi connectivity index (χ2v) is 24.5. The van der Waals surface area contributed by atoms with E-state index < -0.39 is 0 Å². The van der Waals surface area contributed by atoms with Crippen LogP contribution >= 0.6 is 11.8 Å². The molecule has 0 radical (unpaired) electrons. The van der Waals surface area contributed by atoms with Crippen LogP contribution in [0, 0.1) is 23.2 Å². The van der Waals surface area contributed by atoms with Gasteiger partial charge in [0.25, 0.3) is 0 Å². The molecule has 1 spiro atoms. The number of ether oxygens (including phenoxy) is 1. The number of allylic oxidation sites excluding steroid dienone is 7. The molecule has 3 saturated carbocycles. The van der Waals surface area contributed by atoms with Gasteiger partial charge in [-0.05, 0) is 135 Å². The molecule has 0 bridgehead atoms. The third-order valence-corrected chi connectivity index (χ3v) is 21.2. The van der Waals surface area contributed by atoms with E-state index in [0.717, 1.165) is 23.0 Å². The molecule has 0 amide bonds. The van der Waals surface area contributed by atoms with Gasteiger partial charge in [-0.1, -0.05) is 117 Å². The first-order chi connectivity index (χ1) is 29.9. The predicted molar refractivity (Wildman–Crippen MR) is 256 cm³/mol. The number of fused-ring (bicyclic) bond motifs is 5. The number of nitrogens with zero attached hydrogens (tertiary/aromatic N) is 3. The van der Waals surface area contributed by atoms with Crippen LogP contribution in [-0.2, 0) is 4.74 Å². The third-order valence-electron chi connectivity index (χ3n) is 19.5. The summed E-state index contributed by atoms with van der Waals surface area (Å²) in [7, 11) is 0. The van der Waals surface area contributed by atoms with Gasteiger partial charge in [0, 0.05) is 81.7 Å². The Morgan fingerprint density at radius 1 is 0.705 bits per heavy atom. The van der Waals surface area contributed by atoms with Crippen molar-refractivity contribution in [2.45, 2.75) is 246 Å². The lowest BCUT2D eigenvalue weighted by Crippen LogP contribution is -2.57. The van der Waals surface area contributed by atoms with Crippen molar-refractivity contribution in [3.8, 4) is 0 Å². The lowest BCUT2D eigenvalue weighted by atomic mass is 9.56. The SMILES string of the molecule is CC1=CC(N(C2C=C3C(CC2)SC2CCC=CC32)C2COC(N(C3CC=CCC3)C3CCCCC3)C2)CC(N2C3=CC=C(C4CCCCC4)CC3C3(CCCCC3)C2(C)C)C1. The van der Waals surface area contributed by atoms with Gasteiger partial charge in [-0.25, -0.2) is 0 Å². The first-order valence-corrected chi connectivity index (χ1v) is 27.5. The van der Waals surface area contributed by atoms with Gasteiger partial charge in [0.05, 0.1) is 6.61 Å². The van der Waals surface area contributed by atoms with Crippen molar-refractivity contribution in [2.24, 2.45) is 23.2 Å². The maximum absolute atomic E-state index is 7.24. The van der Waals surface area contributed by atoms with E-state index in [1.807, 2.05) is 5.57 Å². The van der Waals surface area contributed by atoms with Gasteiger partial charge in [-0.3, -0.25) is 9.80 Å². The standard InChI is InChI=1S/C56H83N3OS/c1-39-32-45(35-46(33-39)59-51-28-26-41(40-18-8-4-9-19-40)34-50(51)56(55(59,2)3)30-16-7-17-31-56)57(44-27-29-53-49(36-44)48-24-14-15-25-52(48)61-53)47-37-54(60-38-47)58(42-20-10-5-11-21-42)43-22-12-6-13-23-43/h5,10,14,24,26,28,32,36,40,42-48,50,52-54H,4,6-9,11-13,15-23,25,27,29-31,33-35,37-38H2,1-3H3. The van der Waals surface area contributed by atoms with Crippen molar-refractivity contribution in [3.05, 3.63) is 71.0 Å². The van der Waals surface area contributed by atoms with E-state index in [2.05, 4.69) is 95.8 Å². The summed E-state index contributed by atoms with van der Waals surface area (Å²) in [5.74, 6) is 2.20. The number of likely N-dealkylation sites (tertiary alicyclic amines) is 1. The summed E-state index contributed by atoms with van der Waals surface area (Å²) in [6.45, 7) is 8.87. The first-order valence-electron chi connectivity index (χ1n) is 26.6. The van der Waals surface area contributed by atoms with Crippen molar-refractivity contribution in [1.82, 2.24) is 14.7 Å². The van der Waals surface area contributed by atoms with Crippen LogP contribution in [-0.4, -0.2) is 79.8 Å². The molecule has 11 aliphatic rings. The molecule has 8 aliphatic carbocycles. The van der Waals surface area contributed by atoms with Crippen LogP contribution in [0.2, 0.25) is 0 Å². The van der Waals surface area contributed by atoms with E-state index in [0.29, 0.717) is 53.5 Å². The summed E-state index contributed by atoms with van der Waals surface area (Å²) in [5, 5.41) is 1.54. The van der Waals surface area contributed by atoms with Crippen LogP contribution in [0.3, 0.4) is 0 Å². The Morgan fingerprint density at radius 2 is 1.49 bits per heavy atom. The number of hydrogen-bond donors (Lipinski definition) is 0. The highest BCUT2D eigenvalue weighted by Gasteiger charge is 2.63. The fraction of sp³-hybridized carbons (Fsp3) is 0.786. The van der Waals surface area contributed by atoms with Crippen molar-refractivity contribution in [3.63, 3.8) is 0 Å². The second kappa shape index (κ2) is 17.7. The summed E-state index contributed by atoms with van der Waals surface area (Å²) < 4.78 is 7.24. The molecule has 3 saturated heterocycles. The normalized spacial score (nSPS) is 40.1. The number of rotatable bonds is 8. The molecule has 61 heavy (non-hydrogen) atoms. The maximum atomic E-state index is 7.24. The van der Waals surface area contributed by atoms with Crippen molar-refractivity contribution < 1.29 is 4.74 Å². The van der Waals surface area contributed by atoms with Gasteiger partial charge >= 0.3 is 0 Å². The highest BCUT2D eigenvalue weighted by atomic mass is 32.2. The van der Waals surface area contributed by atoms with Gasteiger partial charge in [-0.15, -0.1) is 11.8 Å². The Hall–Kier alpha value is -1.53. The number of thioether (sulfide) groups is 1. The zero-order valence-corrected chi connectivity index (χ0v) is 39.6. The zero-order chi connectivity index (χ0) is 41.1. The molecule has 6 fully saturated rings. The molecule has 10 unspecified atom stereocenters. The monoisotopic (exact) mass is 846 g/mol. The maximum Gasteiger partial charge on any atom is 0.112 e. The number of hydrogen-bond acceptors (Lipinski definition) is 5. The molecular formula is C56H83N3OS. The molecule has 11 rings (SSSR count). The van der Waals surface area contributed by atoms with Gasteiger partial charge in [0.15, 0.2) is 0 Å². The summed E-state index contributed by atoms with van der Waals surface area (Å²) >= 11 is 2.34. The van der Waals surface area contributed by atoms with E-state index in [-0.39, 0.29) is 11.8 Å². The van der Waals surface area contributed by atoms with E-state index in [1.165, 1.54) is 167 Å². The highest BCUT2D eigenvalue weighted by Crippen LogP contribution is 2.65. The van der Waals surface area contributed by atoms with Crippen LogP contribution in [0.1, 0.15) is 188 Å². The van der Waals surface area contributed by atoms with Crippen LogP contribution in [0.5, 0.6) is 0 Å². The largest absolute Gasteiger partial charge is 0.365 e. The molecule has 5 heteroatoms. The average Bonchev–Trinajstić information content (AvgIpc) is 3.97. The average molecular weight is 846 g/mol. The lowest BCUT2D eigenvalue weighted by Gasteiger charge is -2.53. The summed E-state index contributed by atoms with van der Waals surface area (Å²) in [6, 6.07) is 3.30. The minimum atomic E-state index is 0.164. The predicted octanol–water partition coefficient (Wildman–Crippen LogP) is 13.6. The van der Waals surface area contributed by atoms with Gasteiger partial charge in [-0.2, -0.15) is 0 Å². The Balaban J connectivity index is 0.933. The smallest absolute Gasteiger partial charge is 0.112 e. The van der Waals surface area contributed by atoms with Crippen molar-refractivity contribution in [1.29, 1.82) is 0 Å². The van der Waals surface area contributed by atoms with E-state index >= 15 is 0 Å². The Morgan fingerprint density at radius 3 is 2.30 bits per heavy atom. The Bertz CT molecular complexity index is 1770. The molecule has 3 heterocycles. The molecule has 0 aromatic heterocycles. The second-order valence-electron chi connectivity index (χ2n) is 23.1. The molecule has 4 nitrogen and oxygen atoms in total. The topological polar surface area (TPSA) is 19.0 Å². The molecule has 0 aromatic rings. The van der Waals surface area contributed by atoms with Crippen LogP contribution < -0.4 is 0 Å². The minimum Gasteiger partial charge on any atom is -0.365 e. The van der Waals surface area contributed by atoms with Gasteiger partial charge in [0.1, 0.15) is 6.23 Å². The summed E-state index contributed by atoms with van der Waals surface area (Å²) in [6.07, 6.45) is 56.7. The molecule has 0 N–H and O–H groups in total. The van der Waals surface area contributed by atoms with Crippen molar-refractivity contribution >= 4 is 11.8 Å². The molecule has 3 aliphatic heterocycles. The molecular weight excluding hydrogens is 763 g/mol. The molecule has 0 aromatic carbocycles. The Labute approximate surface area is 376 Å². The quantitative estimate of drug-likeness (QED) is 0.226. The summed E-state index contributed by atoms with van der Waals surface area (Å²) in [4.78, 5) is 9.25. The van der Waals surface area contributed by atoms with Gasteiger partial charge in [0.2, 0.25) is 0 Å². The van der Waals surface area contributed by atoms with Crippen LogP contribution in [0.4, 0.5) is 0 Å². The van der Waals surface area contributed by atoms with E-state index in [4.69, 9.17) is 4.74 Å². The lowest BCUT2D eigenvalue weighted by molar-refractivity contribution is -0.0778. The molecule has 10 atom stereocenters. The van der Waals surface area contributed by atoms with Gasteiger partial charge < -0.3 is 9.64 Å². The fourth-order valence-electron chi connectivity index (χ4n) is 16.7. The third kappa shape index (κ3) is 7.71. The zero-order valence-electron chi connectivity index (χ0n) is 38.8. The van der Waals surface area contributed by atoms with Crippen LogP contribution in [0.15, 0.2) is 71.0 Å². The summed E-state index contributed by atoms with van der Waals surface area (Å²) in [5.41, 5.74) is 7.56. The molecule has 334 valence electrons. The Kier molecular flexibility index (Phi) is 12.2. The first kappa shape index (κ1) is 42.1. The highest BCUT2D eigenvalue weighted by molar-refractivity contribution is 8.01. The fourth-order valence-corrected chi connectivity index (χ4v) is 18.5. The van der Waals surface area contributed by atoms with Crippen LogP contribution in [0.25, 0.3) is 0 Å². The van der Waals surface area contributed by atoms with Crippen molar-refractivity contribution in [2.75, 3.05) is 6.61 Å². The van der Waals surface area contributed by atoms with E-state index in [9.17, 15) is 0 Å². The van der Waals surface area contributed by atoms with E-state index in [1.54, 1.807) is 16.8 Å². The minimum absolute atomic E-state index is 0.164.